The molecule has 1 aromatic carbocycles. The monoisotopic (exact) mass is 393 g/mol. The van der Waals surface area contributed by atoms with Crippen molar-refractivity contribution in [2.24, 2.45) is 5.92 Å². The second kappa shape index (κ2) is 8.38. The predicted octanol–water partition coefficient (Wildman–Crippen LogP) is 1.28. The van der Waals surface area contributed by atoms with E-state index in [1.165, 1.54) is 0 Å². The molecule has 3 heterocycles. The third-order valence-electron chi connectivity index (χ3n) is 5.47. The third kappa shape index (κ3) is 4.42. The highest BCUT2D eigenvalue weighted by atomic mass is 16.2. The van der Waals surface area contributed by atoms with Crippen molar-refractivity contribution in [2.75, 3.05) is 18.0 Å². The SMILES string of the molecule is O=C1CCC(NC(=O)C2CCN(c3cc(-c4ccccc4)ncn3)CC2)C(=O)N1. The van der Waals surface area contributed by atoms with E-state index < -0.39 is 11.9 Å². The third-order valence-corrected chi connectivity index (χ3v) is 5.47. The molecule has 8 heteroatoms. The summed E-state index contributed by atoms with van der Waals surface area (Å²) >= 11 is 0. The van der Waals surface area contributed by atoms with Crippen LogP contribution >= 0.6 is 0 Å². The summed E-state index contributed by atoms with van der Waals surface area (Å²) in [5, 5.41) is 5.07. The van der Waals surface area contributed by atoms with Crippen molar-refractivity contribution in [2.45, 2.75) is 31.7 Å². The molecule has 150 valence electrons. The van der Waals surface area contributed by atoms with Gasteiger partial charge in [0.25, 0.3) is 0 Å². The maximum Gasteiger partial charge on any atom is 0.249 e. The Morgan fingerprint density at radius 3 is 2.55 bits per heavy atom. The van der Waals surface area contributed by atoms with E-state index in [1.54, 1.807) is 6.33 Å². The summed E-state index contributed by atoms with van der Waals surface area (Å²) in [5.74, 6) is -0.114. The Balaban J connectivity index is 1.34. The van der Waals surface area contributed by atoms with Crippen LogP contribution in [0.1, 0.15) is 25.7 Å². The van der Waals surface area contributed by atoms with Crippen LogP contribution in [-0.2, 0) is 14.4 Å². The number of amides is 3. The number of carbonyl (C=O) groups is 3. The average Bonchev–Trinajstić information content (AvgIpc) is 2.76. The van der Waals surface area contributed by atoms with E-state index >= 15 is 0 Å². The molecule has 0 spiro atoms. The molecule has 29 heavy (non-hydrogen) atoms. The van der Waals surface area contributed by atoms with Crippen LogP contribution in [0.15, 0.2) is 42.7 Å². The van der Waals surface area contributed by atoms with Crippen LogP contribution in [0.5, 0.6) is 0 Å². The summed E-state index contributed by atoms with van der Waals surface area (Å²) in [4.78, 5) is 46.5. The Bertz CT molecular complexity index is 910. The number of hydrogen-bond acceptors (Lipinski definition) is 6. The van der Waals surface area contributed by atoms with Gasteiger partial charge in [0.15, 0.2) is 0 Å². The second-order valence-electron chi connectivity index (χ2n) is 7.40. The van der Waals surface area contributed by atoms with Gasteiger partial charge in [-0.2, -0.15) is 0 Å². The number of piperidine rings is 2. The number of aromatic nitrogens is 2. The van der Waals surface area contributed by atoms with Crippen molar-refractivity contribution in [1.82, 2.24) is 20.6 Å². The summed E-state index contributed by atoms with van der Waals surface area (Å²) in [6, 6.07) is 11.3. The molecule has 2 aliphatic heterocycles. The van der Waals surface area contributed by atoms with Crippen LogP contribution in [-0.4, -0.2) is 46.8 Å². The quantitative estimate of drug-likeness (QED) is 0.759. The molecule has 0 radical (unpaired) electrons. The molecule has 2 aromatic rings. The number of rotatable bonds is 4. The maximum atomic E-state index is 12.6. The minimum absolute atomic E-state index is 0.119. The molecule has 2 fully saturated rings. The zero-order valence-electron chi connectivity index (χ0n) is 16.0. The van der Waals surface area contributed by atoms with E-state index in [-0.39, 0.29) is 24.2 Å². The van der Waals surface area contributed by atoms with Gasteiger partial charge in [0, 0.05) is 37.1 Å². The minimum Gasteiger partial charge on any atom is -0.356 e. The van der Waals surface area contributed by atoms with Gasteiger partial charge in [0.1, 0.15) is 18.2 Å². The Hall–Kier alpha value is -3.29. The molecule has 0 saturated carbocycles. The molecular weight excluding hydrogens is 370 g/mol. The Labute approximate surface area is 168 Å². The minimum atomic E-state index is -0.617. The van der Waals surface area contributed by atoms with Gasteiger partial charge in [-0.15, -0.1) is 0 Å². The van der Waals surface area contributed by atoms with E-state index in [4.69, 9.17) is 0 Å². The summed E-state index contributed by atoms with van der Waals surface area (Å²) in [6.45, 7) is 1.41. The van der Waals surface area contributed by atoms with Gasteiger partial charge in [-0.25, -0.2) is 9.97 Å². The Kier molecular flexibility index (Phi) is 5.50. The van der Waals surface area contributed by atoms with Gasteiger partial charge in [0.2, 0.25) is 17.7 Å². The lowest BCUT2D eigenvalue weighted by molar-refractivity contribution is -0.138. The lowest BCUT2D eigenvalue weighted by atomic mass is 9.94. The number of anilines is 1. The zero-order valence-corrected chi connectivity index (χ0v) is 16.0. The first-order chi connectivity index (χ1) is 14.1. The van der Waals surface area contributed by atoms with E-state index in [0.717, 1.165) is 17.1 Å². The van der Waals surface area contributed by atoms with Crippen molar-refractivity contribution >= 4 is 23.5 Å². The highest BCUT2D eigenvalue weighted by Crippen LogP contribution is 2.25. The molecule has 2 N–H and O–H groups in total. The average molecular weight is 393 g/mol. The highest BCUT2D eigenvalue weighted by Gasteiger charge is 2.31. The summed E-state index contributed by atoms with van der Waals surface area (Å²) in [7, 11) is 0. The fourth-order valence-electron chi connectivity index (χ4n) is 3.78. The van der Waals surface area contributed by atoms with Crippen LogP contribution in [0, 0.1) is 5.92 Å². The van der Waals surface area contributed by atoms with E-state index in [1.807, 2.05) is 36.4 Å². The summed E-state index contributed by atoms with van der Waals surface area (Å²) in [6.07, 6.45) is 3.55. The van der Waals surface area contributed by atoms with Crippen LogP contribution in [0.25, 0.3) is 11.3 Å². The molecule has 0 bridgehead atoms. The van der Waals surface area contributed by atoms with Crippen molar-refractivity contribution in [3.8, 4) is 11.3 Å². The molecule has 8 nitrogen and oxygen atoms in total. The first-order valence-electron chi connectivity index (χ1n) is 9.86. The first kappa shape index (κ1) is 19.0. The van der Waals surface area contributed by atoms with Crippen LogP contribution in [0.3, 0.4) is 0 Å². The normalized spacial score (nSPS) is 20.3. The fourth-order valence-corrected chi connectivity index (χ4v) is 3.78. The van der Waals surface area contributed by atoms with Crippen LogP contribution in [0.2, 0.25) is 0 Å². The molecule has 3 amide bonds. The number of nitrogens with zero attached hydrogens (tertiary/aromatic N) is 3. The highest BCUT2D eigenvalue weighted by molar-refractivity contribution is 6.01. The molecule has 2 aliphatic rings. The lowest BCUT2D eigenvalue weighted by Crippen LogP contribution is -2.54. The molecular formula is C21H23N5O3. The lowest BCUT2D eigenvalue weighted by Gasteiger charge is -2.33. The number of benzene rings is 1. The van der Waals surface area contributed by atoms with Crippen molar-refractivity contribution in [1.29, 1.82) is 0 Å². The number of nitrogens with one attached hydrogen (secondary N) is 2. The van der Waals surface area contributed by atoms with E-state index in [9.17, 15) is 14.4 Å². The van der Waals surface area contributed by atoms with Crippen LogP contribution < -0.4 is 15.5 Å². The number of imide groups is 1. The Morgan fingerprint density at radius 1 is 1.07 bits per heavy atom. The molecule has 2 saturated heterocycles. The van der Waals surface area contributed by atoms with Crippen molar-refractivity contribution in [3.05, 3.63) is 42.7 Å². The first-order valence-corrected chi connectivity index (χ1v) is 9.86. The fraction of sp³-hybridized carbons (Fsp3) is 0.381. The predicted molar refractivity (Wildman–Crippen MR) is 107 cm³/mol. The Morgan fingerprint density at radius 2 is 1.83 bits per heavy atom. The van der Waals surface area contributed by atoms with E-state index in [0.29, 0.717) is 32.4 Å². The van der Waals surface area contributed by atoms with Crippen molar-refractivity contribution in [3.63, 3.8) is 0 Å². The van der Waals surface area contributed by atoms with Crippen molar-refractivity contribution < 1.29 is 14.4 Å². The standard InChI is InChI=1S/C21H23N5O3/c27-19-7-6-16(21(29)25-19)24-20(28)15-8-10-26(11-9-15)18-12-17(22-13-23-18)14-4-2-1-3-5-14/h1-5,12-13,15-16H,6-11H2,(H,24,28)(H,25,27,29). The van der Waals surface area contributed by atoms with Gasteiger partial charge < -0.3 is 10.2 Å². The number of hydrogen-bond donors (Lipinski definition) is 2. The number of carbonyl (C=O) groups excluding carboxylic acids is 3. The van der Waals surface area contributed by atoms with Gasteiger partial charge in [0.05, 0.1) is 5.69 Å². The summed E-state index contributed by atoms with van der Waals surface area (Å²) in [5.41, 5.74) is 1.91. The topological polar surface area (TPSA) is 104 Å². The maximum absolute atomic E-state index is 12.6. The molecule has 4 rings (SSSR count). The molecule has 1 unspecified atom stereocenters. The zero-order chi connectivity index (χ0) is 20.2. The second-order valence-corrected chi connectivity index (χ2v) is 7.40. The smallest absolute Gasteiger partial charge is 0.249 e. The van der Waals surface area contributed by atoms with Gasteiger partial charge in [-0.1, -0.05) is 30.3 Å². The molecule has 0 aliphatic carbocycles. The van der Waals surface area contributed by atoms with Gasteiger partial charge >= 0.3 is 0 Å². The molecule has 1 atom stereocenters. The van der Waals surface area contributed by atoms with E-state index in [2.05, 4.69) is 25.5 Å². The molecule has 1 aromatic heterocycles. The van der Waals surface area contributed by atoms with Gasteiger partial charge in [-0.3, -0.25) is 19.7 Å². The largest absolute Gasteiger partial charge is 0.356 e. The van der Waals surface area contributed by atoms with Gasteiger partial charge in [-0.05, 0) is 19.3 Å². The summed E-state index contributed by atoms with van der Waals surface area (Å²) < 4.78 is 0. The van der Waals surface area contributed by atoms with Crippen LogP contribution in [0.4, 0.5) is 5.82 Å².